The molecule has 1 heterocycles. The summed E-state index contributed by atoms with van der Waals surface area (Å²) in [5.41, 5.74) is 1.44. The van der Waals surface area contributed by atoms with Crippen molar-refractivity contribution in [3.8, 4) is 0 Å². The first-order valence-corrected chi connectivity index (χ1v) is 4.83. The highest BCUT2D eigenvalue weighted by molar-refractivity contribution is 5.24. The number of rotatable bonds is 2. The quantitative estimate of drug-likeness (QED) is 0.743. The number of aromatic nitrogens is 2. The van der Waals surface area contributed by atoms with Crippen molar-refractivity contribution in [2.24, 2.45) is 13.0 Å². The topological polar surface area (TPSA) is 38.0 Å². The summed E-state index contributed by atoms with van der Waals surface area (Å²) in [7, 11) is 1.90. The molecule has 1 fully saturated rings. The molecule has 0 aliphatic heterocycles. The molecule has 72 valence electrons. The first-order valence-electron chi connectivity index (χ1n) is 4.83. The molecule has 0 aromatic carbocycles. The summed E-state index contributed by atoms with van der Waals surface area (Å²) < 4.78 is 1.81. The molecule has 0 saturated heterocycles. The van der Waals surface area contributed by atoms with E-state index in [2.05, 4.69) is 18.9 Å². The smallest absolute Gasteiger partial charge is 0.109 e. The van der Waals surface area contributed by atoms with E-state index in [0.29, 0.717) is 5.92 Å². The summed E-state index contributed by atoms with van der Waals surface area (Å²) in [6.07, 6.45) is 1.80. The highest BCUT2D eigenvalue weighted by Crippen LogP contribution is 2.51. The fourth-order valence-corrected chi connectivity index (χ4v) is 1.87. The van der Waals surface area contributed by atoms with Gasteiger partial charge in [0.15, 0.2) is 0 Å². The second-order valence-corrected chi connectivity index (χ2v) is 4.03. The van der Waals surface area contributed by atoms with E-state index >= 15 is 0 Å². The molecule has 1 saturated carbocycles. The second kappa shape index (κ2) is 2.58. The van der Waals surface area contributed by atoms with Gasteiger partial charge in [0.05, 0.1) is 11.4 Å². The summed E-state index contributed by atoms with van der Waals surface area (Å²) in [6.45, 7) is 4.14. The third-order valence-corrected chi connectivity index (χ3v) is 3.01. The molecular weight excluding hydrogens is 164 g/mol. The van der Waals surface area contributed by atoms with Gasteiger partial charge in [0.25, 0.3) is 0 Å². The van der Waals surface area contributed by atoms with E-state index < -0.39 is 5.60 Å². The van der Waals surface area contributed by atoms with Crippen LogP contribution in [0.4, 0.5) is 0 Å². The van der Waals surface area contributed by atoms with Gasteiger partial charge in [-0.05, 0) is 24.8 Å². The molecule has 0 bridgehead atoms. The van der Waals surface area contributed by atoms with Gasteiger partial charge in [-0.15, -0.1) is 0 Å². The van der Waals surface area contributed by atoms with Crippen LogP contribution in [-0.4, -0.2) is 14.9 Å². The SMILES string of the molecule is CCc1cc(C2(O)CC2C)n(C)n1. The molecule has 3 heteroatoms. The molecule has 0 spiro atoms. The highest BCUT2D eigenvalue weighted by Gasteiger charge is 2.53. The van der Waals surface area contributed by atoms with Crippen LogP contribution in [-0.2, 0) is 19.1 Å². The Bertz CT molecular complexity index is 332. The van der Waals surface area contributed by atoms with E-state index in [4.69, 9.17) is 0 Å². The molecule has 3 nitrogen and oxygen atoms in total. The monoisotopic (exact) mass is 180 g/mol. The van der Waals surface area contributed by atoms with E-state index in [-0.39, 0.29) is 0 Å². The van der Waals surface area contributed by atoms with E-state index in [1.807, 2.05) is 17.8 Å². The lowest BCUT2D eigenvalue weighted by Gasteiger charge is -2.08. The minimum Gasteiger partial charge on any atom is -0.383 e. The summed E-state index contributed by atoms with van der Waals surface area (Å²) in [5.74, 6) is 0.382. The average molecular weight is 180 g/mol. The number of hydrogen-bond acceptors (Lipinski definition) is 2. The van der Waals surface area contributed by atoms with Crippen molar-refractivity contribution < 1.29 is 5.11 Å². The van der Waals surface area contributed by atoms with Crippen molar-refractivity contribution in [1.82, 2.24) is 9.78 Å². The fraction of sp³-hybridized carbons (Fsp3) is 0.700. The van der Waals surface area contributed by atoms with Crippen molar-refractivity contribution >= 4 is 0 Å². The van der Waals surface area contributed by atoms with Crippen LogP contribution in [0.1, 0.15) is 31.7 Å². The third-order valence-electron chi connectivity index (χ3n) is 3.01. The van der Waals surface area contributed by atoms with Gasteiger partial charge < -0.3 is 5.11 Å². The fourth-order valence-electron chi connectivity index (χ4n) is 1.87. The lowest BCUT2D eigenvalue weighted by Crippen LogP contribution is -2.13. The Morgan fingerprint density at radius 1 is 1.77 bits per heavy atom. The summed E-state index contributed by atoms with van der Waals surface area (Å²) in [5, 5.41) is 14.4. The zero-order chi connectivity index (χ0) is 9.64. The highest BCUT2D eigenvalue weighted by atomic mass is 16.3. The zero-order valence-electron chi connectivity index (χ0n) is 8.41. The lowest BCUT2D eigenvalue weighted by atomic mass is 10.1. The Balaban J connectivity index is 2.35. The third kappa shape index (κ3) is 1.18. The summed E-state index contributed by atoms with van der Waals surface area (Å²) in [4.78, 5) is 0. The molecule has 0 radical (unpaired) electrons. The predicted molar refractivity (Wildman–Crippen MR) is 50.3 cm³/mol. The van der Waals surface area contributed by atoms with E-state index in [0.717, 1.165) is 24.2 Å². The molecule has 1 aromatic heterocycles. The number of aryl methyl sites for hydroxylation is 2. The van der Waals surface area contributed by atoms with Gasteiger partial charge in [-0.25, -0.2) is 0 Å². The van der Waals surface area contributed by atoms with Gasteiger partial charge in [0, 0.05) is 7.05 Å². The largest absolute Gasteiger partial charge is 0.383 e. The van der Waals surface area contributed by atoms with E-state index in [9.17, 15) is 5.11 Å². The molecule has 2 rings (SSSR count). The van der Waals surface area contributed by atoms with Gasteiger partial charge >= 0.3 is 0 Å². The van der Waals surface area contributed by atoms with Crippen LogP contribution in [0.3, 0.4) is 0 Å². The summed E-state index contributed by atoms with van der Waals surface area (Å²) >= 11 is 0. The Morgan fingerprint density at radius 3 is 2.77 bits per heavy atom. The molecule has 1 aliphatic rings. The lowest BCUT2D eigenvalue weighted by molar-refractivity contribution is 0.125. The maximum atomic E-state index is 10.1. The average Bonchev–Trinajstić information content (AvgIpc) is 2.55. The van der Waals surface area contributed by atoms with Gasteiger partial charge in [-0.3, -0.25) is 4.68 Å². The van der Waals surface area contributed by atoms with Crippen molar-refractivity contribution in [3.63, 3.8) is 0 Å². The Morgan fingerprint density at radius 2 is 2.38 bits per heavy atom. The molecule has 1 aromatic rings. The van der Waals surface area contributed by atoms with Crippen LogP contribution in [0, 0.1) is 5.92 Å². The minimum atomic E-state index is -0.588. The van der Waals surface area contributed by atoms with E-state index in [1.54, 1.807) is 0 Å². The van der Waals surface area contributed by atoms with Crippen LogP contribution in [0.5, 0.6) is 0 Å². The molecule has 0 amide bonds. The molecule has 2 unspecified atom stereocenters. The Hall–Kier alpha value is -0.830. The number of hydrogen-bond donors (Lipinski definition) is 1. The van der Waals surface area contributed by atoms with Crippen LogP contribution in [0.2, 0.25) is 0 Å². The predicted octanol–water partition coefficient (Wildman–Crippen LogP) is 1.21. The molecular formula is C10H16N2O. The Labute approximate surface area is 78.4 Å². The first-order chi connectivity index (χ1) is 6.08. The normalized spacial score (nSPS) is 32.2. The maximum Gasteiger partial charge on any atom is 0.109 e. The van der Waals surface area contributed by atoms with Gasteiger partial charge in [0.1, 0.15) is 5.60 Å². The van der Waals surface area contributed by atoms with Crippen molar-refractivity contribution in [2.45, 2.75) is 32.3 Å². The molecule has 1 aliphatic carbocycles. The maximum absolute atomic E-state index is 10.1. The van der Waals surface area contributed by atoms with Crippen LogP contribution in [0.25, 0.3) is 0 Å². The number of nitrogens with zero attached hydrogens (tertiary/aromatic N) is 2. The summed E-state index contributed by atoms with van der Waals surface area (Å²) in [6, 6.07) is 2.02. The minimum absolute atomic E-state index is 0.382. The van der Waals surface area contributed by atoms with Crippen molar-refractivity contribution in [3.05, 3.63) is 17.5 Å². The zero-order valence-corrected chi connectivity index (χ0v) is 8.41. The van der Waals surface area contributed by atoms with Gasteiger partial charge in [0.2, 0.25) is 0 Å². The Kier molecular flexibility index (Phi) is 1.74. The van der Waals surface area contributed by atoms with Crippen LogP contribution >= 0.6 is 0 Å². The van der Waals surface area contributed by atoms with E-state index in [1.165, 1.54) is 0 Å². The van der Waals surface area contributed by atoms with Crippen LogP contribution in [0.15, 0.2) is 6.07 Å². The van der Waals surface area contributed by atoms with Crippen molar-refractivity contribution in [2.75, 3.05) is 0 Å². The molecule has 13 heavy (non-hydrogen) atoms. The van der Waals surface area contributed by atoms with Gasteiger partial charge in [-0.2, -0.15) is 5.10 Å². The molecule has 1 N–H and O–H groups in total. The number of aliphatic hydroxyl groups is 1. The molecule has 2 atom stereocenters. The second-order valence-electron chi connectivity index (χ2n) is 4.03. The standard InChI is InChI=1S/C10H16N2O/c1-4-8-5-9(12(3)11-8)10(13)6-7(10)2/h5,7,13H,4,6H2,1-3H3. The van der Waals surface area contributed by atoms with Crippen LogP contribution < -0.4 is 0 Å². The van der Waals surface area contributed by atoms with Crippen molar-refractivity contribution in [1.29, 1.82) is 0 Å². The first kappa shape index (κ1) is 8.75. The van der Waals surface area contributed by atoms with Gasteiger partial charge in [-0.1, -0.05) is 13.8 Å².